The summed E-state index contributed by atoms with van der Waals surface area (Å²) in [6.45, 7) is 0. The van der Waals surface area contributed by atoms with Crippen molar-refractivity contribution in [2.75, 3.05) is 0 Å². The molecule has 8 heavy (non-hydrogen) atoms. The topological polar surface area (TPSA) is 19.9 Å². The van der Waals surface area contributed by atoms with Crippen molar-refractivity contribution < 1.29 is 18.3 Å². The Balaban J connectivity index is 4.02. The summed E-state index contributed by atoms with van der Waals surface area (Å²) < 4.78 is 30.4. The molecule has 0 saturated heterocycles. The minimum absolute atomic E-state index is 1.53. The summed E-state index contributed by atoms with van der Waals surface area (Å²) in [5.74, 6) is 0. The Kier molecular flexibility index (Phi) is 2.34. The summed E-state index contributed by atoms with van der Waals surface area (Å²) in [6, 6.07) is 0. The summed E-state index contributed by atoms with van der Waals surface area (Å²) in [5, 5.41) is 9.58. The molecule has 0 aliphatic carbocycles. The first-order valence-corrected chi connectivity index (χ1v) is 2.99. The first-order valence-electron chi connectivity index (χ1n) is 1.40. The highest BCUT2D eigenvalue weighted by Crippen LogP contribution is 2.40. The lowest BCUT2D eigenvalue weighted by molar-refractivity contribution is -0.164. The molecule has 0 saturated carbocycles. The van der Waals surface area contributed by atoms with Crippen LogP contribution in [0.15, 0.2) is 0 Å². The van der Waals surface area contributed by atoms with Crippen LogP contribution in [0.5, 0.6) is 0 Å². The molecule has 0 fully saturated rings. The van der Waals surface area contributed by atoms with Crippen LogP contribution in [-0.2, 0) is 5.11 Å². The third-order valence-corrected chi connectivity index (χ3v) is 1.87. The summed E-state index contributed by atoms with van der Waals surface area (Å²) in [6.07, 6.45) is 0. The van der Waals surface area contributed by atoms with Gasteiger partial charge >= 0.3 is 9.60 Å². The molecule has 49 valence electrons. The summed E-state index contributed by atoms with van der Waals surface area (Å²) >= 11 is 3.11. The summed E-state index contributed by atoms with van der Waals surface area (Å²) in [5.41, 5.74) is 0. The van der Waals surface area contributed by atoms with Crippen LogP contribution in [0.25, 0.3) is 0 Å². The predicted octanol–water partition coefficient (Wildman–Crippen LogP) is 2.42. The van der Waals surface area contributed by atoms with Crippen LogP contribution in [0.4, 0.5) is 13.2 Å². The molecule has 1 unspecified atom stereocenters. The van der Waals surface area contributed by atoms with Gasteiger partial charge < -0.3 is 0 Å². The van der Waals surface area contributed by atoms with E-state index in [1.54, 1.807) is 15.9 Å². The monoisotopic (exact) mass is 255 g/mol. The Bertz CT molecular complexity index is 70.3. The molecule has 0 spiro atoms. The standard InChI is InChI=1S/C2Br2F3O/c3-1(5,6)2(4,7)8. The molecule has 0 bridgehead atoms. The van der Waals surface area contributed by atoms with Gasteiger partial charge in [-0.2, -0.15) is 18.3 Å². The molecule has 0 aromatic carbocycles. The van der Waals surface area contributed by atoms with E-state index in [4.69, 9.17) is 0 Å². The van der Waals surface area contributed by atoms with Gasteiger partial charge in [0, 0.05) is 0 Å². The molecule has 0 aromatic rings. The Labute approximate surface area is 60.1 Å². The molecule has 0 N–H and O–H groups in total. The van der Waals surface area contributed by atoms with Gasteiger partial charge in [0.05, 0.1) is 0 Å². The SMILES string of the molecule is [O]C(F)(Br)C(F)(F)Br. The number of hydrogen-bond donors (Lipinski definition) is 0. The van der Waals surface area contributed by atoms with Gasteiger partial charge in [-0.1, -0.05) is 0 Å². The fourth-order valence-electron chi connectivity index (χ4n) is 0. The van der Waals surface area contributed by atoms with E-state index < -0.39 is 9.60 Å². The largest absolute Gasteiger partial charge is 0.371 e. The van der Waals surface area contributed by atoms with E-state index in [2.05, 4.69) is 0 Å². The second-order valence-corrected chi connectivity index (χ2v) is 3.03. The van der Waals surface area contributed by atoms with Crippen molar-refractivity contribution in [2.45, 2.75) is 9.60 Å². The number of hydrogen-bond acceptors (Lipinski definition) is 0. The normalized spacial score (nSPS) is 20.2. The van der Waals surface area contributed by atoms with E-state index in [-0.39, 0.29) is 0 Å². The van der Waals surface area contributed by atoms with E-state index in [1.165, 1.54) is 15.9 Å². The molecular formula is C2Br2F3O. The maximum Gasteiger partial charge on any atom is 0.371 e. The van der Waals surface area contributed by atoms with Gasteiger partial charge in [0.2, 0.25) is 0 Å². The molecule has 1 radical (unpaired) electrons. The van der Waals surface area contributed by atoms with Crippen molar-refractivity contribution in [3.63, 3.8) is 0 Å². The quantitative estimate of drug-likeness (QED) is 0.643. The second kappa shape index (κ2) is 2.15. The van der Waals surface area contributed by atoms with Crippen LogP contribution in [0.2, 0.25) is 0 Å². The van der Waals surface area contributed by atoms with Crippen molar-refractivity contribution in [3.05, 3.63) is 0 Å². The van der Waals surface area contributed by atoms with Crippen LogP contribution in [0, 0.1) is 0 Å². The van der Waals surface area contributed by atoms with Gasteiger partial charge in [-0.15, -0.1) is 0 Å². The van der Waals surface area contributed by atoms with E-state index in [1.807, 2.05) is 0 Å². The van der Waals surface area contributed by atoms with Crippen LogP contribution < -0.4 is 0 Å². The first kappa shape index (κ1) is 8.71. The lowest BCUT2D eigenvalue weighted by Crippen LogP contribution is -2.30. The molecule has 0 amide bonds. The third-order valence-electron chi connectivity index (χ3n) is 0.330. The third kappa shape index (κ3) is 2.32. The van der Waals surface area contributed by atoms with Crippen LogP contribution in [0.3, 0.4) is 0 Å². The number of halogens is 5. The van der Waals surface area contributed by atoms with Crippen molar-refractivity contribution in [3.8, 4) is 0 Å². The number of alkyl halides is 5. The zero-order chi connectivity index (χ0) is 7.00. The highest BCUT2D eigenvalue weighted by atomic mass is 79.9. The zero-order valence-electron chi connectivity index (χ0n) is 3.30. The van der Waals surface area contributed by atoms with Gasteiger partial charge in [-0.3, -0.25) is 0 Å². The Hall–Kier alpha value is 0.710. The van der Waals surface area contributed by atoms with Gasteiger partial charge in [0.25, 0.3) is 0 Å². The first-order chi connectivity index (χ1) is 3.25. The molecule has 0 aliphatic rings. The van der Waals surface area contributed by atoms with E-state index in [0.29, 0.717) is 0 Å². The highest BCUT2D eigenvalue weighted by molar-refractivity contribution is 9.12. The highest BCUT2D eigenvalue weighted by Gasteiger charge is 2.51. The molecular weight excluding hydrogens is 257 g/mol. The lowest BCUT2D eigenvalue weighted by atomic mass is 10.7. The zero-order valence-corrected chi connectivity index (χ0v) is 6.47. The fraction of sp³-hybridized carbons (Fsp3) is 1.00. The minimum Gasteiger partial charge on any atom is -0.188 e. The minimum atomic E-state index is -4.06. The Morgan fingerprint density at radius 3 is 1.25 bits per heavy atom. The Morgan fingerprint density at radius 2 is 1.25 bits per heavy atom. The molecule has 0 aliphatic heterocycles. The molecule has 0 rings (SSSR count). The van der Waals surface area contributed by atoms with Crippen LogP contribution in [0.1, 0.15) is 0 Å². The predicted molar refractivity (Wildman–Crippen MR) is 27.3 cm³/mol. The maximum absolute atomic E-state index is 11.5. The molecule has 6 heteroatoms. The second-order valence-electron chi connectivity index (χ2n) is 1.01. The van der Waals surface area contributed by atoms with Crippen molar-refractivity contribution in [2.24, 2.45) is 0 Å². The summed E-state index contributed by atoms with van der Waals surface area (Å²) in [7, 11) is 0. The average molecular weight is 257 g/mol. The van der Waals surface area contributed by atoms with Gasteiger partial charge in [0.15, 0.2) is 0 Å². The Morgan fingerprint density at radius 1 is 1.12 bits per heavy atom. The van der Waals surface area contributed by atoms with Crippen LogP contribution in [-0.4, -0.2) is 9.60 Å². The summed E-state index contributed by atoms with van der Waals surface area (Å²) in [4.78, 5) is -4.06. The number of rotatable bonds is 1. The van der Waals surface area contributed by atoms with Crippen molar-refractivity contribution in [1.29, 1.82) is 0 Å². The smallest absolute Gasteiger partial charge is 0.188 e. The van der Waals surface area contributed by atoms with Gasteiger partial charge in [-0.05, 0) is 31.9 Å². The van der Waals surface area contributed by atoms with Crippen molar-refractivity contribution >= 4 is 31.9 Å². The lowest BCUT2D eigenvalue weighted by Gasteiger charge is -2.13. The van der Waals surface area contributed by atoms with Crippen LogP contribution >= 0.6 is 31.9 Å². The van der Waals surface area contributed by atoms with Gasteiger partial charge in [-0.25, -0.2) is 0 Å². The van der Waals surface area contributed by atoms with Crippen molar-refractivity contribution in [1.82, 2.24) is 0 Å². The maximum atomic E-state index is 11.5. The fourth-order valence-corrected chi connectivity index (χ4v) is 0. The average Bonchev–Trinajstić information content (AvgIpc) is 1.25. The van der Waals surface area contributed by atoms with Gasteiger partial charge in [0.1, 0.15) is 0 Å². The molecule has 0 aromatic heterocycles. The molecule has 0 heterocycles. The van der Waals surface area contributed by atoms with E-state index >= 15 is 0 Å². The molecule has 1 atom stereocenters. The van der Waals surface area contributed by atoms with E-state index in [9.17, 15) is 18.3 Å². The van der Waals surface area contributed by atoms with E-state index in [0.717, 1.165) is 0 Å². The molecule has 1 nitrogen and oxygen atoms in total.